The summed E-state index contributed by atoms with van der Waals surface area (Å²) in [6.45, 7) is 1.90. The van der Waals surface area contributed by atoms with Crippen LogP contribution in [0.15, 0.2) is 17.5 Å². The minimum Gasteiger partial charge on any atom is -0.480 e. The molecule has 21 heavy (non-hydrogen) atoms. The first-order valence-corrected chi connectivity index (χ1v) is 9.06. The fraction of sp³-hybridized carbons (Fsp3) is 0.385. The Kier molecular flexibility index (Phi) is 6.10. The van der Waals surface area contributed by atoms with E-state index in [2.05, 4.69) is 5.32 Å². The number of hydrogen-bond donors (Lipinski definition) is 2. The molecular weight excluding hydrogens is 314 g/mol. The number of rotatable bonds is 7. The third-order valence-electron chi connectivity index (χ3n) is 2.68. The van der Waals surface area contributed by atoms with Gasteiger partial charge in [0.25, 0.3) is 0 Å². The van der Waals surface area contributed by atoms with E-state index in [4.69, 9.17) is 5.11 Å². The van der Waals surface area contributed by atoms with E-state index in [1.165, 1.54) is 17.4 Å². The zero-order valence-electron chi connectivity index (χ0n) is 11.7. The average Bonchev–Trinajstić information content (AvgIpc) is 2.76. The highest BCUT2D eigenvalue weighted by Gasteiger charge is 2.20. The van der Waals surface area contributed by atoms with Crippen molar-refractivity contribution in [2.45, 2.75) is 19.4 Å². The molecule has 0 spiro atoms. The van der Waals surface area contributed by atoms with Crippen LogP contribution in [-0.2, 0) is 19.4 Å². The Labute approximate surface area is 127 Å². The van der Waals surface area contributed by atoms with Crippen LogP contribution in [0.5, 0.6) is 0 Å². The van der Waals surface area contributed by atoms with Crippen LogP contribution in [0.1, 0.15) is 16.9 Å². The van der Waals surface area contributed by atoms with Gasteiger partial charge in [0.05, 0.1) is 5.75 Å². The Morgan fingerprint density at radius 2 is 2.14 bits per heavy atom. The van der Waals surface area contributed by atoms with Crippen LogP contribution < -0.4 is 5.32 Å². The number of carboxylic acids is 1. The first-order valence-electron chi connectivity index (χ1n) is 6.12. The molecule has 6 nitrogen and oxygen atoms in total. The van der Waals surface area contributed by atoms with Gasteiger partial charge >= 0.3 is 5.97 Å². The summed E-state index contributed by atoms with van der Waals surface area (Å²) in [6.07, 6.45) is 3.71. The van der Waals surface area contributed by atoms with Crippen molar-refractivity contribution in [1.82, 2.24) is 5.32 Å². The molecule has 1 amide bonds. The lowest BCUT2D eigenvalue weighted by atomic mass is 10.2. The Morgan fingerprint density at radius 3 is 2.62 bits per heavy atom. The maximum Gasteiger partial charge on any atom is 0.326 e. The molecule has 1 atom stereocenters. The highest BCUT2D eigenvalue weighted by molar-refractivity contribution is 7.90. The molecule has 0 aromatic carbocycles. The van der Waals surface area contributed by atoms with Gasteiger partial charge in [-0.1, -0.05) is 0 Å². The number of nitrogens with one attached hydrogen (secondary N) is 1. The number of carboxylic acid groups (broad SMARTS) is 1. The second kappa shape index (κ2) is 7.37. The van der Waals surface area contributed by atoms with Gasteiger partial charge in [-0.05, 0) is 36.4 Å². The normalized spacial score (nSPS) is 13.2. The number of amides is 1. The summed E-state index contributed by atoms with van der Waals surface area (Å²) < 4.78 is 22.1. The second-order valence-electron chi connectivity index (χ2n) is 4.62. The summed E-state index contributed by atoms with van der Waals surface area (Å²) in [6, 6.07) is 0.690. The number of sulfone groups is 1. The molecule has 116 valence electrons. The molecule has 8 heteroatoms. The number of carbonyl (C=O) groups excluding carboxylic acids is 1. The van der Waals surface area contributed by atoms with Crippen molar-refractivity contribution in [3.63, 3.8) is 0 Å². The van der Waals surface area contributed by atoms with Crippen molar-refractivity contribution in [2.24, 2.45) is 0 Å². The van der Waals surface area contributed by atoms with E-state index in [9.17, 15) is 18.0 Å². The molecule has 1 heterocycles. The summed E-state index contributed by atoms with van der Waals surface area (Å²) in [5.41, 5.74) is 1.02. The highest BCUT2D eigenvalue weighted by atomic mass is 32.2. The number of carbonyl (C=O) groups is 2. The van der Waals surface area contributed by atoms with Crippen molar-refractivity contribution in [2.75, 3.05) is 12.0 Å². The van der Waals surface area contributed by atoms with Gasteiger partial charge in [-0.25, -0.2) is 13.2 Å². The van der Waals surface area contributed by atoms with Crippen LogP contribution in [0.3, 0.4) is 0 Å². The summed E-state index contributed by atoms with van der Waals surface area (Å²) >= 11 is 1.47. The van der Waals surface area contributed by atoms with Gasteiger partial charge in [-0.3, -0.25) is 4.79 Å². The number of aryl methyl sites for hydroxylation is 1. The van der Waals surface area contributed by atoms with Crippen molar-refractivity contribution in [3.8, 4) is 0 Å². The SMILES string of the molecule is Cc1ccsc1/C=C/C(=O)NC(CCS(C)(=O)=O)C(=O)O. The minimum atomic E-state index is -3.27. The van der Waals surface area contributed by atoms with Crippen LogP contribution in [0.25, 0.3) is 6.08 Å². The lowest BCUT2D eigenvalue weighted by Crippen LogP contribution is -2.41. The lowest BCUT2D eigenvalue weighted by Gasteiger charge is -2.12. The van der Waals surface area contributed by atoms with E-state index >= 15 is 0 Å². The minimum absolute atomic E-state index is 0.161. The number of aliphatic carboxylic acids is 1. The number of thiophene rings is 1. The fourth-order valence-corrected chi connectivity index (χ4v) is 3.00. The quantitative estimate of drug-likeness (QED) is 0.728. The predicted molar refractivity (Wildman–Crippen MR) is 82.0 cm³/mol. The summed E-state index contributed by atoms with van der Waals surface area (Å²) in [7, 11) is -3.27. The summed E-state index contributed by atoms with van der Waals surface area (Å²) in [5.74, 6) is -2.12. The van der Waals surface area contributed by atoms with Gasteiger partial charge in [0.1, 0.15) is 15.9 Å². The van der Waals surface area contributed by atoms with Crippen molar-refractivity contribution in [3.05, 3.63) is 28.0 Å². The van der Waals surface area contributed by atoms with Gasteiger partial charge in [-0.15, -0.1) is 11.3 Å². The van der Waals surface area contributed by atoms with Crippen molar-refractivity contribution >= 4 is 39.1 Å². The molecule has 1 rings (SSSR count). The van der Waals surface area contributed by atoms with Crippen molar-refractivity contribution in [1.29, 1.82) is 0 Å². The number of hydrogen-bond acceptors (Lipinski definition) is 5. The maximum atomic E-state index is 11.7. The first-order chi connectivity index (χ1) is 9.69. The van der Waals surface area contributed by atoms with Gasteiger partial charge in [-0.2, -0.15) is 0 Å². The van der Waals surface area contributed by atoms with Crippen LogP contribution in [0.2, 0.25) is 0 Å². The molecule has 1 aromatic rings. The third kappa shape index (κ3) is 6.54. The molecule has 2 N–H and O–H groups in total. The van der Waals surface area contributed by atoms with E-state index in [1.54, 1.807) is 6.08 Å². The smallest absolute Gasteiger partial charge is 0.326 e. The zero-order valence-corrected chi connectivity index (χ0v) is 13.3. The van der Waals surface area contributed by atoms with E-state index in [-0.39, 0.29) is 12.2 Å². The van der Waals surface area contributed by atoms with Gasteiger partial charge in [0.15, 0.2) is 0 Å². The van der Waals surface area contributed by atoms with Gasteiger partial charge < -0.3 is 10.4 Å². The highest BCUT2D eigenvalue weighted by Crippen LogP contribution is 2.16. The van der Waals surface area contributed by atoms with E-state index < -0.39 is 27.8 Å². The van der Waals surface area contributed by atoms with Crippen LogP contribution in [0.4, 0.5) is 0 Å². The Bertz CT molecular complexity index is 645. The molecule has 0 bridgehead atoms. The molecule has 0 fully saturated rings. The predicted octanol–water partition coefficient (Wildman–Crippen LogP) is 1.07. The standard InChI is InChI=1S/C13H17NO5S2/c1-9-5-7-20-11(9)3-4-12(15)14-10(13(16)17)6-8-21(2,18)19/h3-5,7,10H,6,8H2,1-2H3,(H,14,15)(H,16,17)/b4-3+. The molecule has 0 saturated carbocycles. The maximum absolute atomic E-state index is 11.7. The summed E-state index contributed by atoms with van der Waals surface area (Å²) in [5, 5.41) is 13.2. The summed E-state index contributed by atoms with van der Waals surface area (Å²) in [4.78, 5) is 23.6. The first kappa shape index (κ1) is 17.4. The van der Waals surface area contributed by atoms with Crippen molar-refractivity contribution < 1.29 is 23.1 Å². The monoisotopic (exact) mass is 331 g/mol. The molecule has 0 radical (unpaired) electrons. The fourth-order valence-electron chi connectivity index (χ4n) is 1.52. The Balaban J connectivity index is 2.63. The van der Waals surface area contributed by atoms with Crippen LogP contribution >= 0.6 is 11.3 Å². The van der Waals surface area contributed by atoms with Crippen LogP contribution in [0, 0.1) is 6.92 Å². The van der Waals surface area contributed by atoms with Crippen LogP contribution in [-0.4, -0.2) is 43.5 Å². The Hall–Kier alpha value is -1.67. The second-order valence-corrected chi connectivity index (χ2v) is 7.83. The van der Waals surface area contributed by atoms with Gasteiger partial charge in [0.2, 0.25) is 5.91 Å². The Morgan fingerprint density at radius 1 is 1.48 bits per heavy atom. The molecule has 0 saturated heterocycles. The largest absolute Gasteiger partial charge is 0.480 e. The van der Waals surface area contributed by atoms with Gasteiger partial charge in [0, 0.05) is 17.2 Å². The third-order valence-corrected chi connectivity index (χ3v) is 4.64. The topological polar surface area (TPSA) is 101 Å². The molecular formula is C13H17NO5S2. The molecule has 1 aromatic heterocycles. The zero-order chi connectivity index (χ0) is 16.0. The molecule has 0 aliphatic rings. The van der Waals surface area contributed by atoms with E-state index in [0.29, 0.717) is 0 Å². The lowest BCUT2D eigenvalue weighted by molar-refractivity contribution is -0.141. The molecule has 0 aliphatic heterocycles. The van der Waals surface area contributed by atoms with E-state index in [1.807, 2.05) is 18.4 Å². The molecule has 1 unspecified atom stereocenters. The van der Waals surface area contributed by atoms with E-state index in [0.717, 1.165) is 16.7 Å². The average molecular weight is 331 g/mol. The molecule has 0 aliphatic carbocycles.